The first-order valence-electron chi connectivity index (χ1n) is 8.59. The molecule has 0 saturated carbocycles. The average molecular weight is 340 g/mol. The van der Waals surface area contributed by atoms with Crippen molar-refractivity contribution in [3.05, 3.63) is 59.7 Å². The van der Waals surface area contributed by atoms with E-state index in [-0.39, 0.29) is 12.1 Å². The van der Waals surface area contributed by atoms with E-state index in [9.17, 15) is 4.79 Å². The predicted octanol–water partition coefficient (Wildman–Crippen LogP) is 3.63. The van der Waals surface area contributed by atoms with Crippen molar-refractivity contribution in [2.24, 2.45) is 0 Å². The summed E-state index contributed by atoms with van der Waals surface area (Å²) < 4.78 is 0. The fourth-order valence-corrected chi connectivity index (χ4v) is 2.90. The van der Waals surface area contributed by atoms with Crippen LogP contribution in [0, 0.1) is 0 Å². The summed E-state index contributed by atoms with van der Waals surface area (Å²) in [4.78, 5) is 16.6. The minimum Gasteiger partial charge on any atom is -0.399 e. The molecule has 0 aromatic heterocycles. The normalized spacial score (nSPS) is 11.7. The van der Waals surface area contributed by atoms with Crippen molar-refractivity contribution in [1.29, 1.82) is 0 Å². The van der Waals surface area contributed by atoms with E-state index in [1.807, 2.05) is 86.3 Å². The lowest BCUT2D eigenvalue weighted by Gasteiger charge is -2.31. The van der Waals surface area contributed by atoms with Gasteiger partial charge < -0.3 is 20.9 Å². The number of amides is 2. The molecule has 0 radical (unpaired) electrons. The second-order valence-corrected chi connectivity index (χ2v) is 6.33. The van der Waals surface area contributed by atoms with Gasteiger partial charge in [0.2, 0.25) is 0 Å². The molecule has 5 heteroatoms. The summed E-state index contributed by atoms with van der Waals surface area (Å²) in [6.07, 6.45) is 0. The van der Waals surface area contributed by atoms with Gasteiger partial charge in [-0.15, -0.1) is 0 Å². The van der Waals surface area contributed by atoms with Crippen LogP contribution in [0.4, 0.5) is 16.2 Å². The standard InChI is InChI=1S/C20H28N4O/c1-5-22-20(25)24(15(2)16-9-7-6-8-10-16)14-17-13-18(21)11-12-19(17)23(3)4/h6-13,15H,5,14,21H2,1-4H3,(H,22,25). The number of carbonyl (C=O) groups excluding carboxylic acids is 1. The molecular weight excluding hydrogens is 312 g/mol. The number of hydrogen-bond acceptors (Lipinski definition) is 3. The van der Waals surface area contributed by atoms with Crippen molar-refractivity contribution in [2.75, 3.05) is 31.3 Å². The van der Waals surface area contributed by atoms with Gasteiger partial charge in [0, 0.05) is 32.0 Å². The largest absolute Gasteiger partial charge is 0.399 e. The van der Waals surface area contributed by atoms with Crippen LogP contribution in [0.2, 0.25) is 0 Å². The van der Waals surface area contributed by atoms with Crippen molar-refractivity contribution in [1.82, 2.24) is 10.2 Å². The maximum absolute atomic E-state index is 12.7. The Hall–Kier alpha value is -2.69. The molecule has 134 valence electrons. The number of nitrogen functional groups attached to an aromatic ring is 1. The number of hydrogen-bond donors (Lipinski definition) is 2. The minimum absolute atomic E-state index is 0.0517. The van der Waals surface area contributed by atoms with Gasteiger partial charge in [0.25, 0.3) is 0 Å². The maximum atomic E-state index is 12.7. The monoisotopic (exact) mass is 340 g/mol. The zero-order valence-corrected chi connectivity index (χ0v) is 15.5. The molecule has 0 bridgehead atoms. The van der Waals surface area contributed by atoms with Gasteiger partial charge in [-0.05, 0) is 43.2 Å². The Morgan fingerprint density at radius 3 is 2.44 bits per heavy atom. The van der Waals surface area contributed by atoms with Crippen LogP contribution in [0.15, 0.2) is 48.5 Å². The lowest BCUT2D eigenvalue weighted by Crippen LogP contribution is -2.41. The Morgan fingerprint density at radius 2 is 1.84 bits per heavy atom. The second kappa shape index (κ2) is 8.42. The van der Waals surface area contributed by atoms with Crippen LogP contribution in [-0.4, -0.2) is 31.6 Å². The first-order chi connectivity index (χ1) is 11.9. The van der Waals surface area contributed by atoms with Crippen LogP contribution in [0.3, 0.4) is 0 Å². The minimum atomic E-state index is -0.0778. The van der Waals surface area contributed by atoms with E-state index in [4.69, 9.17) is 5.73 Å². The zero-order valence-electron chi connectivity index (χ0n) is 15.5. The molecular formula is C20H28N4O. The molecule has 0 saturated heterocycles. The highest BCUT2D eigenvalue weighted by molar-refractivity contribution is 5.75. The molecule has 5 nitrogen and oxygen atoms in total. The van der Waals surface area contributed by atoms with Gasteiger partial charge in [-0.2, -0.15) is 0 Å². The molecule has 0 aliphatic rings. The highest BCUT2D eigenvalue weighted by Gasteiger charge is 2.22. The average Bonchev–Trinajstić information content (AvgIpc) is 2.59. The molecule has 2 amide bonds. The van der Waals surface area contributed by atoms with E-state index in [0.29, 0.717) is 18.8 Å². The van der Waals surface area contributed by atoms with Gasteiger partial charge >= 0.3 is 6.03 Å². The number of urea groups is 1. The van der Waals surface area contributed by atoms with E-state index in [1.165, 1.54) is 0 Å². The summed E-state index contributed by atoms with van der Waals surface area (Å²) >= 11 is 0. The predicted molar refractivity (Wildman–Crippen MR) is 105 cm³/mol. The number of anilines is 2. The molecule has 3 N–H and O–H groups in total. The van der Waals surface area contributed by atoms with Crippen LogP contribution < -0.4 is 16.0 Å². The van der Waals surface area contributed by atoms with Crippen LogP contribution in [0.1, 0.15) is 31.0 Å². The smallest absolute Gasteiger partial charge is 0.318 e. The van der Waals surface area contributed by atoms with Gasteiger partial charge in [0.1, 0.15) is 0 Å². The number of nitrogens with one attached hydrogen (secondary N) is 1. The van der Waals surface area contributed by atoms with Crippen molar-refractivity contribution >= 4 is 17.4 Å². The van der Waals surface area contributed by atoms with Crippen molar-refractivity contribution in [2.45, 2.75) is 26.4 Å². The van der Waals surface area contributed by atoms with Gasteiger partial charge in [-0.1, -0.05) is 30.3 Å². The van der Waals surface area contributed by atoms with Crippen LogP contribution in [-0.2, 0) is 6.54 Å². The summed E-state index contributed by atoms with van der Waals surface area (Å²) in [5.74, 6) is 0. The second-order valence-electron chi connectivity index (χ2n) is 6.33. The van der Waals surface area contributed by atoms with Crippen LogP contribution in [0.5, 0.6) is 0 Å². The molecule has 1 atom stereocenters. The van der Waals surface area contributed by atoms with E-state index in [0.717, 1.165) is 16.8 Å². The van der Waals surface area contributed by atoms with E-state index in [1.54, 1.807) is 0 Å². The summed E-state index contributed by atoms with van der Waals surface area (Å²) in [7, 11) is 3.98. The molecule has 1 unspecified atom stereocenters. The number of carbonyl (C=O) groups is 1. The summed E-state index contributed by atoms with van der Waals surface area (Å²) in [5, 5.41) is 2.92. The molecule has 0 heterocycles. The third-order valence-electron chi connectivity index (χ3n) is 4.26. The van der Waals surface area contributed by atoms with E-state index < -0.39 is 0 Å². The highest BCUT2D eigenvalue weighted by Crippen LogP contribution is 2.27. The van der Waals surface area contributed by atoms with Crippen LogP contribution >= 0.6 is 0 Å². The van der Waals surface area contributed by atoms with Gasteiger partial charge in [-0.3, -0.25) is 0 Å². The molecule has 2 aromatic carbocycles. The SMILES string of the molecule is CCNC(=O)N(Cc1cc(N)ccc1N(C)C)C(C)c1ccccc1. The van der Waals surface area contributed by atoms with Crippen molar-refractivity contribution < 1.29 is 4.79 Å². The zero-order chi connectivity index (χ0) is 18.4. The lowest BCUT2D eigenvalue weighted by atomic mass is 10.1. The Bertz CT molecular complexity index is 700. The Kier molecular flexibility index (Phi) is 6.28. The number of benzene rings is 2. The first-order valence-corrected chi connectivity index (χ1v) is 8.59. The molecule has 0 aliphatic heterocycles. The van der Waals surface area contributed by atoms with Crippen LogP contribution in [0.25, 0.3) is 0 Å². The third-order valence-corrected chi connectivity index (χ3v) is 4.26. The molecule has 25 heavy (non-hydrogen) atoms. The fraction of sp³-hybridized carbons (Fsp3) is 0.350. The third kappa shape index (κ3) is 4.66. The van der Waals surface area contributed by atoms with Gasteiger partial charge in [0.15, 0.2) is 0 Å². The summed E-state index contributed by atoms with van der Waals surface area (Å²) in [6.45, 7) is 5.05. The van der Waals surface area contributed by atoms with Gasteiger partial charge in [-0.25, -0.2) is 4.79 Å². The van der Waals surface area contributed by atoms with Crippen molar-refractivity contribution in [3.8, 4) is 0 Å². The number of rotatable bonds is 6. The van der Waals surface area contributed by atoms with Gasteiger partial charge in [0.05, 0.1) is 12.6 Å². The topological polar surface area (TPSA) is 61.6 Å². The van der Waals surface area contributed by atoms with E-state index in [2.05, 4.69) is 5.32 Å². The summed E-state index contributed by atoms with van der Waals surface area (Å²) in [6, 6.07) is 15.8. The molecule has 0 aliphatic carbocycles. The first kappa shape index (κ1) is 18.6. The maximum Gasteiger partial charge on any atom is 0.318 e. The molecule has 0 spiro atoms. The fourth-order valence-electron chi connectivity index (χ4n) is 2.90. The Morgan fingerprint density at radius 1 is 1.16 bits per heavy atom. The molecule has 2 aromatic rings. The number of nitrogens with two attached hydrogens (primary N) is 1. The van der Waals surface area contributed by atoms with E-state index >= 15 is 0 Å². The van der Waals surface area contributed by atoms with Crippen molar-refractivity contribution in [3.63, 3.8) is 0 Å². The number of nitrogens with zero attached hydrogens (tertiary/aromatic N) is 2. The Labute approximate surface area is 150 Å². The highest BCUT2D eigenvalue weighted by atomic mass is 16.2. The quantitative estimate of drug-likeness (QED) is 0.790. The molecule has 0 fully saturated rings. The summed E-state index contributed by atoms with van der Waals surface area (Å²) in [5.41, 5.74) is 9.87. The lowest BCUT2D eigenvalue weighted by molar-refractivity contribution is 0.176. The Balaban J connectivity index is 2.37. The molecule has 2 rings (SSSR count).